The summed E-state index contributed by atoms with van der Waals surface area (Å²) in [7, 11) is 1.92. The molecule has 3 heterocycles. The molecule has 0 saturated carbocycles. The quantitative estimate of drug-likeness (QED) is 0.168. The van der Waals surface area contributed by atoms with Crippen LogP contribution in [0.25, 0.3) is 22.2 Å². The van der Waals surface area contributed by atoms with E-state index in [1.807, 2.05) is 35.2 Å². The SMILES string of the molecule is CO[C@H]1CC[C@H](NC(=O)[C@H](C)N(C)C(=O)OC(C)(C)C)C(=O)N2[C@H](CC[C@H]2c2nc3cccc(-c4ccccc4)c3n2COCC[Si](C)(C)C)C1. The smallest absolute Gasteiger partial charge is 0.410 e. The Morgan fingerprint density at radius 3 is 2.43 bits per heavy atom. The summed E-state index contributed by atoms with van der Waals surface area (Å²) in [6.45, 7) is 15.0. The number of carbonyl (C=O) groups excluding carboxylic acids is 3. The molecule has 12 heteroatoms. The lowest BCUT2D eigenvalue weighted by Crippen LogP contribution is -2.56. The van der Waals surface area contributed by atoms with Gasteiger partial charge in [-0.1, -0.05) is 62.1 Å². The monoisotopic (exact) mass is 719 g/mol. The van der Waals surface area contributed by atoms with Gasteiger partial charge in [0.05, 0.1) is 23.2 Å². The van der Waals surface area contributed by atoms with Gasteiger partial charge in [-0.05, 0) is 77.5 Å². The Balaban J connectivity index is 1.50. The first-order chi connectivity index (χ1) is 24.1. The van der Waals surface area contributed by atoms with Crippen LogP contribution in [0.5, 0.6) is 0 Å². The molecule has 2 fully saturated rings. The first kappa shape index (κ1) is 38.5. The predicted octanol–water partition coefficient (Wildman–Crippen LogP) is 6.99. The van der Waals surface area contributed by atoms with Crippen LogP contribution in [-0.2, 0) is 30.5 Å². The molecule has 1 N–H and O–H groups in total. The van der Waals surface area contributed by atoms with Crippen LogP contribution >= 0.6 is 0 Å². The fourth-order valence-electron chi connectivity index (χ4n) is 7.06. The normalized spacial score (nSPS) is 21.9. The Hall–Kier alpha value is -3.74. The van der Waals surface area contributed by atoms with Crippen molar-refractivity contribution in [2.45, 2.75) is 128 Å². The minimum Gasteiger partial charge on any atom is -0.444 e. The van der Waals surface area contributed by atoms with Gasteiger partial charge in [-0.15, -0.1) is 0 Å². The first-order valence-corrected chi connectivity index (χ1v) is 22.0. The van der Waals surface area contributed by atoms with Crippen LogP contribution in [-0.4, -0.2) is 95.9 Å². The number of fused-ring (bicyclic) bond motifs is 2. The maximum absolute atomic E-state index is 14.7. The molecule has 3 amide bonds. The Bertz CT molecular complexity index is 1680. The Morgan fingerprint density at radius 2 is 1.76 bits per heavy atom. The van der Waals surface area contributed by atoms with Crippen LogP contribution in [0, 0.1) is 0 Å². The summed E-state index contributed by atoms with van der Waals surface area (Å²) in [6, 6.07) is 15.4. The molecule has 5 atom stereocenters. The number of benzene rings is 2. The molecule has 2 aromatic carbocycles. The molecular formula is C39H57N5O6Si. The summed E-state index contributed by atoms with van der Waals surface area (Å²) in [5, 5.41) is 3.01. The molecule has 2 aliphatic rings. The lowest BCUT2D eigenvalue weighted by Gasteiger charge is -2.38. The van der Waals surface area contributed by atoms with E-state index in [-0.39, 0.29) is 24.1 Å². The number of nitrogens with one attached hydrogen (secondary N) is 1. The van der Waals surface area contributed by atoms with Gasteiger partial charge in [0.25, 0.3) is 0 Å². The number of methoxy groups -OCH3 is 1. The van der Waals surface area contributed by atoms with Crippen molar-refractivity contribution in [3.05, 3.63) is 54.4 Å². The molecular weight excluding hydrogens is 663 g/mol. The van der Waals surface area contributed by atoms with Crippen molar-refractivity contribution in [3.63, 3.8) is 0 Å². The average Bonchev–Trinajstić information content (AvgIpc) is 3.66. The molecule has 1 aromatic heterocycles. The molecule has 0 radical (unpaired) electrons. The van der Waals surface area contributed by atoms with E-state index in [9.17, 15) is 14.4 Å². The second kappa shape index (κ2) is 15.9. The Kier molecular flexibility index (Phi) is 12.0. The number of imidazole rings is 1. The van der Waals surface area contributed by atoms with E-state index in [0.29, 0.717) is 32.6 Å². The lowest BCUT2D eigenvalue weighted by molar-refractivity contribution is -0.142. The zero-order valence-corrected chi connectivity index (χ0v) is 32.9. The van der Waals surface area contributed by atoms with Gasteiger partial charge in [-0.25, -0.2) is 9.78 Å². The van der Waals surface area contributed by atoms with Crippen LogP contribution in [0.1, 0.15) is 71.7 Å². The highest BCUT2D eigenvalue weighted by Gasteiger charge is 2.45. The zero-order valence-electron chi connectivity index (χ0n) is 31.9. The van der Waals surface area contributed by atoms with E-state index in [4.69, 9.17) is 19.2 Å². The summed E-state index contributed by atoms with van der Waals surface area (Å²) in [6.07, 6.45) is 2.59. The molecule has 3 aromatic rings. The number of para-hydroxylation sites is 1. The Morgan fingerprint density at radius 1 is 1.04 bits per heavy atom. The molecule has 278 valence electrons. The molecule has 0 unspecified atom stereocenters. The standard InChI is InChI=1S/C39H57N5O6Si/c1-26(42(5)38(47)50-39(2,3)4)36(45)41-32-20-19-29(48-6)24-28-18-21-33(44(28)37(32)46)35-40-31-17-13-16-30(27-14-11-10-12-15-27)34(31)43(35)25-49-22-23-51(7,8)9/h10-17,26,28-29,32-33H,18-25H2,1-9H3,(H,41,45)/t26-,28+,29-,32-,33-/m0/s1. The fraction of sp³-hybridized carbons (Fsp3) is 0.590. The molecule has 0 aliphatic carbocycles. The number of ether oxygens (including phenoxy) is 3. The lowest BCUT2D eigenvalue weighted by atomic mass is 9.96. The molecule has 0 spiro atoms. The highest BCUT2D eigenvalue weighted by Crippen LogP contribution is 2.42. The molecule has 2 saturated heterocycles. The van der Waals surface area contributed by atoms with Gasteiger partial charge in [-0.3, -0.25) is 14.5 Å². The topological polar surface area (TPSA) is 115 Å². The Labute approximate surface area is 304 Å². The largest absolute Gasteiger partial charge is 0.444 e. The van der Waals surface area contributed by atoms with Crippen molar-refractivity contribution < 1.29 is 28.6 Å². The van der Waals surface area contributed by atoms with Gasteiger partial charge in [0.2, 0.25) is 11.8 Å². The maximum Gasteiger partial charge on any atom is 0.410 e. The van der Waals surface area contributed by atoms with Crippen molar-refractivity contribution in [2.75, 3.05) is 20.8 Å². The summed E-state index contributed by atoms with van der Waals surface area (Å²) in [5.41, 5.74) is 3.27. The number of amides is 3. The van der Waals surface area contributed by atoms with Gasteiger partial charge < -0.3 is 29.0 Å². The highest BCUT2D eigenvalue weighted by atomic mass is 28.3. The van der Waals surface area contributed by atoms with E-state index in [1.54, 1.807) is 34.8 Å². The van der Waals surface area contributed by atoms with Gasteiger partial charge >= 0.3 is 6.09 Å². The summed E-state index contributed by atoms with van der Waals surface area (Å²) in [4.78, 5) is 49.6. The van der Waals surface area contributed by atoms with Crippen LogP contribution in [0.3, 0.4) is 0 Å². The van der Waals surface area contributed by atoms with Crippen molar-refractivity contribution in [3.8, 4) is 11.1 Å². The minimum atomic E-state index is -1.32. The molecule has 2 aliphatic heterocycles. The van der Waals surface area contributed by atoms with Gasteiger partial charge in [0, 0.05) is 40.4 Å². The number of rotatable bonds is 11. The number of aromatic nitrogens is 2. The minimum absolute atomic E-state index is 0.0704. The van der Waals surface area contributed by atoms with Crippen LogP contribution in [0.15, 0.2) is 48.5 Å². The van der Waals surface area contributed by atoms with E-state index < -0.39 is 37.8 Å². The molecule has 5 rings (SSSR count). The third-order valence-electron chi connectivity index (χ3n) is 10.1. The van der Waals surface area contributed by atoms with Crippen molar-refractivity contribution in [2.24, 2.45) is 0 Å². The first-order valence-electron chi connectivity index (χ1n) is 18.3. The fourth-order valence-corrected chi connectivity index (χ4v) is 7.82. The number of carbonyl (C=O) groups is 3. The third-order valence-corrected chi connectivity index (χ3v) is 11.8. The van der Waals surface area contributed by atoms with Crippen LogP contribution in [0.4, 0.5) is 4.79 Å². The number of hydrogen-bond donors (Lipinski definition) is 1. The predicted molar refractivity (Wildman–Crippen MR) is 202 cm³/mol. The number of likely N-dealkylation sites (N-methyl/N-ethyl adjacent to an activating group) is 1. The zero-order chi connectivity index (χ0) is 37.1. The van der Waals surface area contributed by atoms with Crippen LogP contribution < -0.4 is 5.32 Å². The summed E-state index contributed by atoms with van der Waals surface area (Å²) >= 11 is 0. The molecule has 11 nitrogen and oxygen atoms in total. The average molecular weight is 720 g/mol. The number of hydrogen-bond acceptors (Lipinski definition) is 7. The van der Waals surface area contributed by atoms with E-state index >= 15 is 0 Å². The second-order valence-electron chi connectivity index (χ2n) is 16.3. The van der Waals surface area contributed by atoms with Gasteiger partial charge in [-0.2, -0.15) is 0 Å². The maximum atomic E-state index is 14.7. The van der Waals surface area contributed by atoms with E-state index in [2.05, 4.69) is 47.7 Å². The summed E-state index contributed by atoms with van der Waals surface area (Å²) < 4.78 is 20.0. The van der Waals surface area contributed by atoms with Gasteiger partial charge in [0.15, 0.2) is 0 Å². The third kappa shape index (κ3) is 9.20. The van der Waals surface area contributed by atoms with Crippen molar-refractivity contribution in [1.82, 2.24) is 24.7 Å². The van der Waals surface area contributed by atoms with Crippen molar-refractivity contribution in [1.29, 1.82) is 0 Å². The summed E-state index contributed by atoms with van der Waals surface area (Å²) in [5.74, 6) is 0.230. The van der Waals surface area contributed by atoms with E-state index in [0.717, 1.165) is 46.9 Å². The highest BCUT2D eigenvalue weighted by molar-refractivity contribution is 6.76. The molecule has 0 bridgehead atoms. The van der Waals surface area contributed by atoms with E-state index in [1.165, 1.54) is 11.9 Å². The van der Waals surface area contributed by atoms with Gasteiger partial charge in [0.1, 0.15) is 30.2 Å². The van der Waals surface area contributed by atoms with Crippen molar-refractivity contribution >= 4 is 37.0 Å². The van der Waals surface area contributed by atoms with Crippen LogP contribution in [0.2, 0.25) is 25.7 Å². The number of nitrogens with zero attached hydrogens (tertiary/aromatic N) is 4. The second-order valence-corrected chi connectivity index (χ2v) is 21.9. The molecule has 51 heavy (non-hydrogen) atoms.